The molecule has 3 N–H and O–H groups in total. The van der Waals surface area contributed by atoms with Crippen molar-refractivity contribution in [1.82, 2.24) is 9.76 Å². The van der Waals surface area contributed by atoms with Gasteiger partial charge in [-0.15, -0.1) is 0 Å². The van der Waals surface area contributed by atoms with Gasteiger partial charge in [-0.2, -0.15) is 0 Å². The van der Waals surface area contributed by atoms with Crippen LogP contribution in [-0.2, 0) is 4.57 Å². The van der Waals surface area contributed by atoms with E-state index in [0.717, 1.165) is 19.4 Å². The number of rotatable bonds is 5. The molecule has 13 heavy (non-hydrogen) atoms. The van der Waals surface area contributed by atoms with Gasteiger partial charge < -0.3 is 0 Å². The van der Waals surface area contributed by atoms with E-state index in [2.05, 4.69) is 5.09 Å². The van der Waals surface area contributed by atoms with Gasteiger partial charge in [0, 0.05) is 19.1 Å². The normalized spacial score (nSPS) is 22.8. The molecule has 1 saturated carbocycles. The Kier molecular flexibility index (Phi) is 3.92. The summed E-state index contributed by atoms with van der Waals surface area (Å²) in [5, 5.41) is 2.88. The molecule has 1 fully saturated rings. The van der Waals surface area contributed by atoms with Crippen molar-refractivity contribution in [3.05, 3.63) is 0 Å². The summed E-state index contributed by atoms with van der Waals surface area (Å²) in [6.07, 6.45) is 3.52. The smallest absolute Gasteiger partial charge is 0.271 e. The van der Waals surface area contributed by atoms with Gasteiger partial charge in [-0.1, -0.05) is 20.3 Å². The maximum Gasteiger partial charge on any atom is 0.279 e. The molecule has 0 aromatic carbocycles. The monoisotopic (exact) mass is 205 g/mol. The SMILES string of the molecule is CCNP(N)(=O)N(CC)C1CCC1. The fraction of sp³-hybridized carbons (Fsp3) is 1.00. The predicted octanol–water partition coefficient (Wildman–Crippen LogP) is 1.54. The van der Waals surface area contributed by atoms with E-state index in [1.54, 1.807) is 0 Å². The lowest BCUT2D eigenvalue weighted by molar-refractivity contribution is 0.221. The molecule has 0 amide bonds. The molecule has 78 valence electrons. The molecule has 0 spiro atoms. The third-order valence-electron chi connectivity index (χ3n) is 2.59. The molecule has 1 aliphatic carbocycles. The first kappa shape index (κ1) is 11.2. The van der Waals surface area contributed by atoms with Crippen molar-refractivity contribution in [3.8, 4) is 0 Å². The highest BCUT2D eigenvalue weighted by Crippen LogP contribution is 2.42. The van der Waals surface area contributed by atoms with Crippen LogP contribution in [0, 0.1) is 0 Å². The molecule has 1 rings (SSSR count). The van der Waals surface area contributed by atoms with Crippen LogP contribution in [-0.4, -0.2) is 23.8 Å². The quantitative estimate of drug-likeness (QED) is 0.668. The Balaban J connectivity index is 2.57. The second-order valence-corrected chi connectivity index (χ2v) is 5.55. The van der Waals surface area contributed by atoms with E-state index in [-0.39, 0.29) is 0 Å². The van der Waals surface area contributed by atoms with Crippen molar-refractivity contribution in [2.45, 2.75) is 39.2 Å². The maximum atomic E-state index is 12.0. The zero-order chi connectivity index (χ0) is 9.90. The van der Waals surface area contributed by atoms with Crippen LogP contribution >= 0.6 is 7.59 Å². The first-order valence-electron chi connectivity index (χ1n) is 5.02. The first-order valence-corrected chi connectivity index (χ1v) is 6.75. The molecule has 1 unspecified atom stereocenters. The van der Waals surface area contributed by atoms with E-state index < -0.39 is 7.59 Å². The number of nitrogens with two attached hydrogens (primary N) is 1. The zero-order valence-corrected chi connectivity index (χ0v) is 9.39. The van der Waals surface area contributed by atoms with Gasteiger partial charge >= 0.3 is 0 Å². The third-order valence-corrected chi connectivity index (χ3v) is 4.73. The van der Waals surface area contributed by atoms with Gasteiger partial charge in [0.25, 0.3) is 7.59 Å². The van der Waals surface area contributed by atoms with E-state index in [4.69, 9.17) is 5.50 Å². The van der Waals surface area contributed by atoms with Gasteiger partial charge in [0.1, 0.15) is 0 Å². The highest BCUT2D eigenvalue weighted by molar-refractivity contribution is 7.56. The zero-order valence-electron chi connectivity index (χ0n) is 8.49. The Morgan fingerprint density at radius 3 is 2.46 bits per heavy atom. The van der Waals surface area contributed by atoms with Crippen molar-refractivity contribution in [1.29, 1.82) is 0 Å². The number of hydrogen-bond donors (Lipinski definition) is 2. The average Bonchev–Trinajstić information content (AvgIpc) is 1.95. The Morgan fingerprint density at radius 1 is 1.54 bits per heavy atom. The molecule has 0 aromatic rings. The van der Waals surface area contributed by atoms with E-state index in [9.17, 15) is 4.57 Å². The summed E-state index contributed by atoms with van der Waals surface area (Å²) in [4.78, 5) is 0. The van der Waals surface area contributed by atoms with Crippen LogP contribution in [0.15, 0.2) is 0 Å². The fourth-order valence-corrected chi connectivity index (χ4v) is 3.48. The molecule has 0 heterocycles. The molecule has 0 saturated heterocycles. The summed E-state index contributed by atoms with van der Waals surface area (Å²) >= 11 is 0. The largest absolute Gasteiger partial charge is 0.279 e. The lowest BCUT2D eigenvalue weighted by Gasteiger charge is -2.39. The summed E-state index contributed by atoms with van der Waals surface area (Å²) in [7, 11) is -2.74. The second kappa shape index (κ2) is 4.56. The van der Waals surface area contributed by atoms with E-state index in [1.165, 1.54) is 6.42 Å². The second-order valence-electron chi connectivity index (χ2n) is 3.48. The minimum atomic E-state index is -2.74. The van der Waals surface area contributed by atoms with Gasteiger partial charge in [-0.05, 0) is 12.8 Å². The average molecular weight is 205 g/mol. The summed E-state index contributed by atoms with van der Waals surface area (Å²) in [5.74, 6) is 0. The molecule has 0 radical (unpaired) electrons. The fourth-order valence-electron chi connectivity index (χ4n) is 1.71. The van der Waals surface area contributed by atoms with Gasteiger partial charge in [-0.25, -0.2) is 9.76 Å². The summed E-state index contributed by atoms with van der Waals surface area (Å²) < 4.78 is 13.9. The van der Waals surface area contributed by atoms with Crippen LogP contribution in [0.5, 0.6) is 0 Å². The van der Waals surface area contributed by atoms with E-state index >= 15 is 0 Å². The lowest BCUT2D eigenvalue weighted by atomic mass is 9.93. The molecule has 0 aromatic heterocycles. The minimum absolute atomic E-state index is 0.444. The molecule has 5 heteroatoms. The summed E-state index contributed by atoms with van der Waals surface area (Å²) in [6.45, 7) is 5.37. The van der Waals surface area contributed by atoms with Crippen molar-refractivity contribution >= 4 is 7.59 Å². The molecule has 1 atom stereocenters. The highest BCUT2D eigenvalue weighted by atomic mass is 31.2. The topological polar surface area (TPSA) is 58.4 Å². The molecule has 4 nitrogen and oxygen atoms in total. The first-order chi connectivity index (χ1) is 6.11. The van der Waals surface area contributed by atoms with Gasteiger partial charge in [0.15, 0.2) is 0 Å². The van der Waals surface area contributed by atoms with Gasteiger partial charge in [0.2, 0.25) is 0 Å². The van der Waals surface area contributed by atoms with E-state index in [0.29, 0.717) is 12.6 Å². The molecule has 0 bridgehead atoms. The van der Waals surface area contributed by atoms with Crippen LogP contribution in [0.25, 0.3) is 0 Å². The highest BCUT2D eigenvalue weighted by Gasteiger charge is 2.33. The van der Waals surface area contributed by atoms with Crippen LogP contribution < -0.4 is 10.6 Å². The van der Waals surface area contributed by atoms with Crippen LogP contribution in [0.3, 0.4) is 0 Å². The summed E-state index contributed by atoms with van der Waals surface area (Å²) in [6, 6.07) is 0.444. The van der Waals surface area contributed by atoms with Gasteiger partial charge in [-0.3, -0.25) is 10.1 Å². The maximum absolute atomic E-state index is 12.0. The van der Waals surface area contributed by atoms with E-state index in [1.807, 2.05) is 18.5 Å². The number of hydrogen-bond acceptors (Lipinski definition) is 1. The standard InChI is InChI=1S/C8H20N3OP/c1-3-10-13(9,12)11(4-2)8-6-5-7-8/h8H,3-7H2,1-2H3,(H3,9,10,12). The Morgan fingerprint density at radius 2 is 2.15 bits per heavy atom. The van der Waals surface area contributed by atoms with Gasteiger partial charge in [0.05, 0.1) is 0 Å². The number of nitrogens with zero attached hydrogens (tertiary/aromatic N) is 1. The van der Waals surface area contributed by atoms with Crippen molar-refractivity contribution in [3.63, 3.8) is 0 Å². The Labute approximate surface area is 80.4 Å². The van der Waals surface area contributed by atoms with Crippen molar-refractivity contribution < 1.29 is 4.57 Å². The number of nitrogens with one attached hydrogen (secondary N) is 1. The van der Waals surface area contributed by atoms with Crippen LogP contribution in [0.1, 0.15) is 33.1 Å². The summed E-state index contributed by atoms with van der Waals surface area (Å²) in [5.41, 5.74) is 5.76. The van der Waals surface area contributed by atoms with Crippen LogP contribution in [0.2, 0.25) is 0 Å². The van der Waals surface area contributed by atoms with Crippen molar-refractivity contribution in [2.75, 3.05) is 13.1 Å². The predicted molar refractivity (Wildman–Crippen MR) is 55.5 cm³/mol. The third kappa shape index (κ3) is 2.53. The molecular formula is C8H20N3OP. The van der Waals surface area contributed by atoms with Crippen LogP contribution in [0.4, 0.5) is 0 Å². The van der Waals surface area contributed by atoms with Crippen molar-refractivity contribution in [2.24, 2.45) is 5.50 Å². The Hall–Kier alpha value is 0.110. The molecular weight excluding hydrogens is 185 g/mol. The lowest BCUT2D eigenvalue weighted by Crippen LogP contribution is -2.43. The molecule has 1 aliphatic rings. The molecule has 0 aliphatic heterocycles. The Bertz CT molecular complexity index is 206. The minimum Gasteiger partial charge on any atom is -0.271 e.